The second-order valence-corrected chi connectivity index (χ2v) is 4.48. The molecule has 0 fully saturated rings. The largest absolute Gasteiger partial charge is 0.467 e. The Morgan fingerprint density at radius 3 is 2.61 bits per heavy atom. The first kappa shape index (κ1) is 12.7. The average Bonchev–Trinajstić information content (AvgIpc) is 2.91. The van der Waals surface area contributed by atoms with Crippen LogP contribution in [0.3, 0.4) is 0 Å². The summed E-state index contributed by atoms with van der Waals surface area (Å²) in [6.45, 7) is 0.419. The lowest BCUT2D eigenvalue weighted by atomic mass is 10.1. The van der Waals surface area contributed by atoms with Gasteiger partial charge in [0.25, 0.3) is 0 Å². The molecule has 0 saturated heterocycles. The molecule has 1 unspecified atom stereocenters. The van der Waals surface area contributed by atoms with Crippen molar-refractivity contribution >= 4 is 17.5 Å². The normalized spacial score (nSPS) is 12.1. The predicted molar refractivity (Wildman–Crippen MR) is 70.2 cm³/mol. The lowest BCUT2D eigenvalue weighted by Crippen LogP contribution is -2.29. The van der Waals surface area contributed by atoms with Crippen LogP contribution in [0.2, 0.25) is 0 Å². The van der Waals surface area contributed by atoms with Crippen molar-refractivity contribution in [3.63, 3.8) is 0 Å². The molecule has 0 radical (unpaired) electrons. The molecular weight excluding hydrogens is 250 g/mol. The molecule has 94 valence electrons. The van der Waals surface area contributed by atoms with Crippen molar-refractivity contribution in [2.75, 3.05) is 7.05 Å². The van der Waals surface area contributed by atoms with Crippen LogP contribution in [-0.2, 0) is 11.3 Å². The van der Waals surface area contributed by atoms with Gasteiger partial charge in [-0.2, -0.15) is 0 Å². The van der Waals surface area contributed by atoms with Crippen LogP contribution in [-0.4, -0.2) is 17.9 Å². The molecule has 0 N–H and O–H groups in total. The third-order valence-corrected chi connectivity index (χ3v) is 3.10. The minimum Gasteiger partial charge on any atom is -0.467 e. The Balaban J connectivity index is 2.02. The number of amides is 1. The van der Waals surface area contributed by atoms with Crippen LogP contribution in [0.5, 0.6) is 0 Å². The zero-order chi connectivity index (χ0) is 13.0. The summed E-state index contributed by atoms with van der Waals surface area (Å²) in [6, 6.07) is 12.9. The van der Waals surface area contributed by atoms with E-state index in [0.717, 1.165) is 11.3 Å². The fourth-order valence-electron chi connectivity index (χ4n) is 1.67. The number of rotatable bonds is 4. The van der Waals surface area contributed by atoms with Gasteiger partial charge in [0, 0.05) is 7.05 Å². The van der Waals surface area contributed by atoms with E-state index < -0.39 is 5.38 Å². The number of hydrogen-bond acceptors (Lipinski definition) is 2. The first-order valence-corrected chi connectivity index (χ1v) is 6.08. The van der Waals surface area contributed by atoms with E-state index >= 15 is 0 Å². The molecule has 0 saturated carbocycles. The van der Waals surface area contributed by atoms with Crippen LogP contribution >= 0.6 is 11.6 Å². The highest BCUT2D eigenvalue weighted by atomic mass is 35.5. The van der Waals surface area contributed by atoms with E-state index in [0.29, 0.717) is 6.54 Å². The van der Waals surface area contributed by atoms with Crippen molar-refractivity contribution in [2.24, 2.45) is 0 Å². The van der Waals surface area contributed by atoms with E-state index in [4.69, 9.17) is 16.0 Å². The van der Waals surface area contributed by atoms with E-state index in [-0.39, 0.29) is 5.91 Å². The highest BCUT2D eigenvalue weighted by Crippen LogP contribution is 2.22. The number of carbonyl (C=O) groups is 1. The molecule has 2 aromatic rings. The Labute approximate surface area is 111 Å². The van der Waals surface area contributed by atoms with E-state index in [1.165, 1.54) is 0 Å². The van der Waals surface area contributed by atoms with Gasteiger partial charge >= 0.3 is 0 Å². The molecule has 18 heavy (non-hydrogen) atoms. The summed E-state index contributed by atoms with van der Waals surface area (Å²) in [7, 11) is 1.71. The molecular formula is C14H14ClNO2. The Bertz CT molecular complexity index is 496. The average molecular weight is 264 g/mol. The van der Waals surface area contributed by atoms with Gasteiger partial charge in [-0.15, -0.1) is 11.6 Å². The van der Waals surface area contributed by atoms with Gasteiger partial charge in [-0.3, -0.25) is 4.79 Å². The molecule has 0 bridgehead atoms. The summed E-state index contributed by atoms with van der Waals surface area (Å²) in [6.07, 6.45) is 1.59. The molecule has 1 aromatic heterocycles. The third kappa shape index (κ3) is 2.93. The summed E-state index contributed by atoms with van der Waals surface area (Å²) in [4.78, 5) is 13.7. The van der Waals surface area contributed by atoms with Gasteiger partial charge in [-0.25, -0.2) is 0 Å². The van der Waals surface area contributed by atoms with Crippen molar-refractivity contribution in [3.8, 4) is 0 Å². The molecule has 3 nitrogen and oxygen atoms in total. The smallest absolute Gasteiger partial charge is 0.245 e. The molecule has 0 spiro atoms. The number of likely N-dealkylation sites (N-methyl/N-ethyl adjacent to an activating group) is 1. The van der Waals surface area contributed by atoms with Gasteiger partial charge in [0.2, 0.25) is 5.91 Å². The minimum absolute atomic E-state index is 0.140. The van der Waals surface area contributed by atoms with Crippen molar-refractivity contribution in [1.82, 2.24) is 4.90 Å². The molecule has 1 atom stereocenters. The van der Waals surface area contributed by atoms with Crippen molar-refractivity contribution < 1.29 is 9.21 Å². The highest BCUT2D eigenvalue weighted by Gasteiger charge is 2.21. The SMILES string of the molecule is CN(Cc1ccco1)C(=O)C(Cl)c1ccccc1. The first-order chi connectivity index (χ1) is 8.68. The number of hydrogen-bond donors (Lipinski definition) is 0. The summed E-state index contributed by atoms with van der Waals surface area (Å²) >= 11 is 6.17. The summed E-state index contributed by atoms with van der Waals surface area (Å²) < 4.78 is 5.20. The standard InChI is InChI=1S/C14H14ClNO2/c1-16(10-12-8-5-9-18-12)14(17)13(15)11-6-3-2-4-7-11/h2-9,13H,10H2,1H3. The zero-order valence-electron chi connectivity index (χ0n) is 10.0. The summed E-state index contributed by atoms with van der Waals surface area (Å²) in [5, 5.41) is -0.661. The molecule has 1 amide bonds. The van der Waals surface area contributed by atoms with Crippen LogP contribution in [0.1, 0.15) is 16.7 Å². The van der Waals surface area contributed by atoms with E-state index in [9.17, 15) is 4.79 Å². The first-order valence-electron chi connectivity index (χ1n) is 5.65. The Kier molecular flexibility index (Phi) is 4.05. The molecule has 0 aliphatic rings. The molecule has 4 heteroatoms. The molecule has 2 rings (SSSR count). The number of benzene rings is 1. The lowest BCUT2D eigenvalue weighted by molar-refractivity contribution is -0.130. The Hall–Kier alpha value is -1.74. The predicted octanol–water partition coefficient (Wildman–Crippen LogP) is 3.22. The van der Waals surface area contributed by atoms with Gasteiger partial charge < -0.3 is 9.32 Å². The third-order valence-electron chi connectivity index (χ3n) is 2.66. The summed E-state index contributed by atoms with van der Waals surface area (Å²) in [5.74, 6) is 0.599. The Morgan fingerprint density at radius 2 is 2.00 bits per heavy atom. The van der Waals surface area contributed by atoms with Gasteiger partial charge in [0.1, 0.15) is 11.1 Å². The van der Waals surface area contributed by atoms with Crippen LogP contribution in [0.15, 0.2) is 53.1 Å². The highest BCUT2D eigenvalue weighted by molar-refractivity contribution is 6.30. The summed E-state index contributed by atoms with van der Waals surface area (Å²) in [5.41, 5.74) is 0.801. The van der Waals surface area contributed by atoms with E-state index in [1.54, 1.807) is 24.3 Å². The molecule has 0 aliphatic heterocycles. The van der Waals surface area contributed by atoms with Gasteiger partial charge in [-0.1, -0.05) is 30.3 Å². The van der Waals surface area contributed by atoms with Crippen LogP contribution < -0.4 is 0 Å². The van der Waals surface area contributed by atoms with Crippen LogP contribution in [0, 0.1) is 0 Å². The Morgan fingerprint density at radius 1 is 1.28 bits per heavy atom. The topological polar surface area (TPSA) is 33.5 Å². The van der Waals surface area contributed by atoms with E-state index in [2.05, 4.69) is 0 Å². The van der Waals surface area contributed by atoms with Crippen LogP contribution in [0.4, 0.5) is 0 Å². The fraction of sp³-hybridized carbons (Fsp3) is 0.214. The number of halogens is 1. The maximum Gasteiger partial charge on any atom is 0.245 e. The van der Waals surface area contributed by atoms with Crippen molar-refractivity contribution in [2.45, 2.75) is 11.9 Å². The zero-order valence-corrected chi connectivity index (χ0v) is 10.8. The van der Waals surface area contributed by atoms with Gasteiger partial charge in [-0.05, 0) is 17.7 Å². The lowest BCUT2D eigenvalue weighted by Gasteiger charge is -2.19. The number of nitrogens with zero attached hydrogens (tertiary/aromatic N) is 1. The van der Waals surface area contributed by atoms with Gasteiger partial charge in [0.15, 0.2) is 0 Å². The number of furan rings is 1. The molecule has 0 aliphatic carbocycles. The monoisotopic (exact) mass is 263 g/mol. The number of alkyl halides is 1. The second-order valence-electron chi connectivity index (χ2n) is 4.05. The van der Waals surface area contributed by atoms with E-state index in [1.807, 2.05) is 36.4 Å². The molecule has 1 heterocycles. The van der Waals surface area contributed by atoms with Crippen molar-refractivity contribution in [3.05, 3.63) is 60.1 Å². The second kappa shape index (κ2) is 5.74. The quantitative estimate of drug-likeness (QED) is 0.794. The minimum atomic E-state index is -0.661. The van der Waals surface area contributed by atoms with Crippen molar-refractivity contribution in [1.29, 1.82) is 0 Å². The number of carbonyl (C=O) groups excluding carboxylic acids is 1. The molecule has 1 aromatic carbocycles. The maximum atomic E-state index is 12.1. The maximum absolute atomic E-state index is 12.1. The van der Waals surface area contributed by atoms with Crippen LogP contribution in [0.25, 0.3) is 0 Å². The fourth-order valence-corrected chi connectivity index (χ4v) is 1.98. The van der Waals surface area contributed by atoms with Gasteiger partial charge in [0.05, 0.1) is 12.8 Å².